The molecule has 0 saturated carbocycles. The zero-order chi connectivity index (χ0) is 44.9. The maximum atomic E-state index is 12.8. The Morgan fingerprint density at radius 2 is 1.18 bits per heavy atom. The molecule has 1 unspecified atom stereocenters. The first-order valence-corrected chi connectivity index (χ1v) is 27.5. The number of ether oxygens (including phenoxy) is 2. The molecule has 2 fully saturated rings. The van der Waals surface area contributed by atoms with Gasteiger partial charge in [0.15, 0.2) is 6.10 Å². The SMILES string of the molecule is CCCCCCCCCCCCCCCC(=O)OC[C@H](COP(=O)(O)OCCN=C([O-])CCCC[C@@H]1SC[C@@H]2NC(=O)N[C@@H]21)OC(=O)CCCCCCCCCCCCCCC. The van der Waals surface area contributed by atoms with Gasteiger partial charge in [0.1, 0.15) is 6.61 Å². The van der Waals surface area contributed by atoms with Crippen LogP contribution in [0.1, 0.15) is 219 Å². The average Bonchev–Trinajstić information content (AvgIpc) is 3.81. The highest BCUT2D eigenvalue weighted by Crippen LogP contribution is 2.43. The fraction of sp³-hybridized carbons (Fsp3) is 0.915. The number of hydrogen-bond donors (Lipinski definition) is 3. The smallest absolute Gasteiger partial charge is 0.472 e. The number of unbranched alkanes of at least 4 members (excludes halogenated alkanes) is 25. The predicted octanol–water partition coefficient (Wildman–Crippen LogP) is 11.0. The van der Waals surface area contributed by atoms with E-state index >= 15 is 0 Å². The third kappa shape index (κ3) is 30.3. The molecule has 0 bridgehead atoms. The minimum absolute atomic E-state index is 0.110. The molecule has 0 aromatic heterocycles. The first-order valence-electron chi connectivity index (χ1n) is 25.0. The highest BCUT2D eigenvalue weighted by atomic mass is 32.2. The van der Waals surface area contributed by atoms with Gasteiger partial charge in [0, 0.05) is 23.8 Å². The quantitative estimate of drug-likeness (QED) is 0.0132. The summed E-state index contributed by atoms with van der Waals surface area (Å²) in [5.41, 5.74) is 0. The Kier molecular flexibility index (Phi) is 33.9. The number of hydrogen-bond acceptors (Lipinski definition) is 11. The van der Waals surface area contributed by atoms with E-state index in [2.05, 4.69) is 29.5 Å². The van der Waals surface area contributed by atoms with Crippen LogP contribution in [0, 0.1) is 0 Å². The lowest BCUT2D eigenvalue weighted by molar-refractivity contribution is -0.219. The van der Waals surface area contributed by atoms with Crippen LogP contribution < -0.4 is 15.7 Å². The van der Waals surface area contributed by atoms with Crippen molar-refractivity contribution in [3.63, 3.8) is 0 Å². The van der Waals surface area contributed by atoms with Gasteiger partial charge in [-0.25, -0.2) is 9.36 Å². The molecular formula is C47H87N3O10PS-. The lowest BCUT2D eigenvalue weighted by Gasteiger charge is -2.20. The van der Waals surface area contributed by atoms with Crippen molar-refractivity contribution in [1.29, 1.82) is 0 Å². The molecule has 0 radical (unpaired) electrons. The van der Waals surface area contributed by atoms with E-state index in [1.54, 1.807) is 0 Å². The Balaban J connectivity index is 1.66. The summed E-state index contributed by atoms with van der Waals surface area (Å²) in [6.07, 6.45) is 33.2. The molecular weight excluding hydrogens is 830 g/mol. The van der Waals surface area contributed by atoms with Crippen LogP contribution in [0.15, 0.2) is 4.99 Å². The van der Waals surface area contributed by atoms with Crippen molar-refractivity contribution in [2.75, 3.05) is 32.1 Å². The molecule has 362 valence electrons. The first-order chi connectivity index (χ1) is 30.1. The molecule has 2 saturated heterocycles. The third-order valence-corrected chi connectivity index (χ3v) is 14.3. The van der Waals surface area contributed by atoms with E-state index in [4.69, 9.17) is 18.5 Å². The van der Waals surface area contributed by atoms with E-state index in [-0.39, 0.29) is 63.0 Å². The number of fused-ring (bicyclic) bond motifs is 1. The molecule has 2 amide bonds. The van der Waals surface area contributed by atoms with Crippen molar-refractivity contribution in [2.24, 2.45) is 4.99 Å². The predicted molar refractivity (Wildman–Crippen MR) is 249 cm³/mol. The van der Waals surface area contributed by atoms with Gasteiger partial charge >= 0.3 is 25.8 Å². The van der Waals surface area contributed by atoms with Gasteiger partial charge < -0.3 is 35.1 Å². The highest BCUT2D eigenvalue weighted by Gasteiger charge is 2.42. The van der Waals surface area contributed by atoms with Crippen LogP contribution in [0.3, 0.4) is 0 Å². The number of phosphoric ester groups is 1. The molecule has 13 nitrogen and oxygen atoms in total. The summed E-state index contributed by atoms with van der Waals surface area (Å²) in [7, 11) is -4.58. The lowest BCUT2D eigenvalue weighted by atomic mass is 10.0. The molecule has 5 atom stereocenters. The number of esters is 2. The van der Waals surface area contributed by atoms with Crippen LogP contribution in [-0.2, 0) is 32.7 Å². The minimum Gasteiger partial charge on any atom is -0.862 e. The van der Waals surface area contributed by atoms with Crippen molar-refractivity contribution in [1.82, 2.24) is 10.6 Å². The Hall–Kier alpha value is -1.86. The molecule has 0 aromatic carbocycles. The summed E-state index contributed by atoms with van der Waals surface area (Å²) in [5, 5.41) is 18.5. The summed E-state index contributed by atoms with van der Waals surface area (Å²) in [6, 6.07) is 0.182. The molecule has 0 spiro atoms. The summed E-state index contributed by atoms with van der Waals surface area (Å²) in [5.74, 6) is -0.315. The summed E-state index contributed by atoms with van der Waals surface area (Å²) < 4.78 is 33.9. The molecule has 2 aliphatic rings. The van der Waals surface area contributed by atoms with Crippen LogP contribution in [0.5, 0.6) is 0 Å². The van der Waals surface area contributed by atoms with Crippen LogP contribution in [-0.4, -0.2) is 84.3 Å². The molecule has 15 heteroatoms. The Morgan fingerprint density at radius 3 is 1.71 bits per heavy atom. The maximum absolute atomic E-state index is 12.8. The van der Waals surface area contributed by atoms with E-state index in [9.17, 15) is 28.9 Å². The van der Waals surface area contributed by atoms with Crippen LogP contribution in [0.25, 0.3) is 0 Å². The number of nitrogens with one attached hydrogen (secondary N) is 2. The van der Waals surface area contributed by atoms with Gasteiger partial charge in [-0.15, -0.1) is 0 Å². The number of carbonyl (C=O) groups excluding carboxylic acids is 3. The van der Waals surface area contributed by atoms with Crippen molar-refractivity contribution in [2.45, 2.75) is 243 Å². The second-order valence-corrected chi connectivity index (χ2v) is 20.2. The van der Waals surface area contributed by atoms with E-state index in [1.165, 1.54) is 116 Å². The summed E-state index contributed by atoms with van der Waals surface area (Å²) in [4.78, 5) is 51.2. The van der Waals surface area contributed by atoms with Gasteiger partial charge in [-0.2, -0.15) is 11.8 Å². The fourth-order valence-corrected chi connectivity index (χ4v) is 10.4. The number of rotatable bonds is 43. The lowest BCUT2D eigenvalue weighted by Crippen LogP contribution is -2.36. The van der Waals surface area contributed by atoms with Gasteiger partial charge in [-0.05, 0) is 38.0 Å². The fourth-order valence-electron chi connectivity index (χ4n) is 8.08. The zero-order valence-corrected chi connectivity index (χ0v) is 40.6. The normalized spacial score (nSPS) is 18.9. The van der Waals surface area contributed by atoms with Gasteiger partial charge in [0.05, 0.1) is 31.8 Å². The second kappa shape index (κ2) is 37.4. The van der Waals surface area contributed by atoms with Crippen LogP contribution >= 0.6 is 19.6 Å². The standard InChI is InChI=1S/C47H88N3O10PS/c1-3-5-7-9-11-13-15-17-19-21-23-25-27-33-44(52)57-37-40(60-45(53)34-28-26-24-22-20-18-16-14-12-10-8-6-4-2)38-59-61(55,56)58-36-35-48-43(51)32-30-29-31-42-46-41(39-62-42)49-47(54)50-46/h40-42,46H,3-39H2,1-2H3,(H,48,51)(H,55,56)(H2,49,50,54)/p-1/t40-,41+,42+,46+/m1/s1. The third-order valence-electron chi connectivity index (χ3n) is 11.8. The Labute approximate surface area is 380 Å². The van der Waals surface area contributed by atoms with Crippen LogP contribution in [0.4, 0.5) is 4.79 Å². The average molecular weight is 917 g/mol. The first kappa shape index (κ1) is 56.3. The van der Waals surface area contributed by atoms with Gasteiger partial charge in [-0.3, -0.25) is 18.6 Å². The monoisotopic (exact) mass is 917 g/mol. The van der Waals surface area contributed by atoms with Crippen molar-refractivity contribution in [3.05, 3.63) is 0 Å². The van der Waals surface area contributed by atoms with Crippen LogP contribution in [0.2, 0.25) is 0 Å². The molecule has 0 aliphatic carbocycles. The molecule has 2 aliphatic heterocycles. The van der Waals surface area contributed by atoms with Crippen molar-refractivity contribution < 1.29 is 47.5 Å². The van der Waals surface area contributed by atoms with Gasteiger partial charge in [-0.1, -0.05) is 174 Å². The number of thioether (sulfide) groups is 1. The van der Waals surface area contributed by atoms with E-state index < -0.39 is 32.5 Å². The maximum Gasteiger partial charge on any atom is 0.472 e. The Bertz CT molecular complexity index is 1250. The molecule has 2 rings (SSSR count). The number of phosphoric acid groups is 1. The number of aliphatic imine (C=N–C) groups is 1. The second-order valence-electron chi connectivity index (χ2n) is 17.5. The van der Waals surface area contributed by atoms with Gasteiger partial charge in [0.2, 0.25) is 0 Å². The number of carbonyl (C=O) groups is 3. The molecule has 0 aromatic rings. The number of nitrogens with zero attached hydrogens (tertiary/aromatic N) is 1. The topological polar surface area (TPSA) is 185 Å². The van der Waals surface area contributed by atoms with E-state index in [1.807, 2.05) is 11.8 Å². The summed E-state index contributed by atoms with van der Waals surface area (Å²) in [6.45, 7) is 3.27. The highest BCUT2D eigenvalue weighted by molar-refractivity contribution is 8.00. The molecule has 2 heterocycles. The Morgan fingerprint density at radius 1 is 0.694 bits per heavy atom. The zero-order valence-electron chi connectivity index (χ0n) is 38.9. The van der Waals surface area contributed by atoms with E-state index in [0.29, 0.717) is 24.5 Å². The molecule has 3 N–H and O–H groups in total. The largest absolute Gasteiger partial charge is 0.862 e. The number of amides is 2. The molecule has 62 heavy (non-hydrogen) atoms. The van der Waals surface area contributed by atoms with Crippen molar-refractivity contribution in [3.8, 4) is 0 Å². The van der Waals surface area contributed by atoms with Gasteiger partial charge in [0.25, 0.3) is 0 Å². The minimum atomic E-state index is -4.58. The van der Waals surface area contributed by atoms with Crippen molar-refractivity contribution >= 4 is 43.5 Å². The summed E-state index contributed by atoms with van der Waals surface area (Å²) >= 11 is 1.83. The number of urea groups is 1. The van der Waals surface area contributed by atoms with E-state index in [0.717, 1.165) is 57.1 Å².